The summed E-state index contributed by atoms with van der Waals surface area (Å²) in [5.74, 6) is 2.94. The lowest BCUT2D eigenvalue weighted by molar-refractivity contribution is -0.117. The third-order valence-electron chi connectivity index (χ3n) is 4.86. The number of carbonyl (C=O) groups excluding carboxylic acids is 1. The SMILES string of the molecule is Cc1nn(C)c(NC(=O)CC2CC3CCC2C3)c1N. The Kier molecular flexibility index (Phi) is 2.99. The van der Waals surface area contributed by atoms with E-state index in [9.17, 15) is 4.79 Å². The highest BCUT2D eigenvalue weighted by Gasteiger charge is 2.40. The molecule has 0 aliphatic heterocycles. The van der Waals surface area contributed by atoms with Crippen molar-refractivity contribution >= 4 is 17.4 Å². The molecule has 0 saturated heterocycles. The largest absolute Gasteiger partial charge is 0.394 e. The second-order valence-corrected chi connectivity index (χ2v) is 6.16. The van der Waals surface area contributed by atoms with Crippen molar-refractivity contribution in [2.45, 2.75) is 39.0 Å². The number of nitrogens with zero attached hydrogens (tertiary/aromatic N) is 2. The highest BCUT2D eigenvalue weighted by molar-refractivity contribution is 5.93. The first-order chi connectivity index (χ1) is 9.04. The van der Waals surface area contributed by atoms with Crippen molar-refractivity contribution in [1.82, 2.24) is 9.78 Å². The molecule has 1 aromatic rings. The quantitative estimate of drug-likeness (QED) is 0.876. The van der Waals surface area contributed by atoms with Crippen LogP contribution in [0.2, 0.25) is 0 Å². The highest BCUT2D eigenvalue weighted by atomic mass is 16.1. The highest BCUT2D eigenvalue weighted by Crippen LogP contribution is 2.49. The molecule has 5 heteroatoms. The van der Waals surface area contributed by atoms with E-state index in [-0.39, 0.29) is 5.91 Å². The molecule has 5 nitrogen and oxygen atoms in total. The zero-order valence-corrected chi connectivity index (χ0v) is 11.6. The number of nitrogens with two attached hydrogens (primary N) is 1. The van der Waals surface area contributed by atoms with E-state index < -0.39 is 0 Å². The Hall–Kier alpha value is -1.52. The Morgan fingerprint density at radius 1 is 1.47 bits per heavy atom. The molecule has 3 N–H and O–H groups in total. The predicted molar refractivity (Wildman–Crippen MR) is 74.5 cm³/mol. The van der Waals surface area contributed by atoms with Gasteiger partial charge in [0.05, 0.1) is 11.4 Å². The maximum atomic E-state index is 12.2. The van der Waals surface area contributed by atoms with Gasteiger partial charge in [0.2, 0.25) is 5.91 Å². The van der Waals surface area contributed by atoms with Gasteiger partial charge < -0.3 is 11.1 Å². The van der Waals surface area contributed by atoms with Crippen LogP contribution in [-0.4, -0.2) is 15.7 Å². The first kappa shape index (κ1) is 12.5. The van der Waals surface area contributed by atoms with E-state index in [2.05, 4.69) is 10.4 Å². The zero-order chi connectivity index (χ0) is 13.6. The fourth-order valence-electron chi connectivity index (χ4n) is 3.87. The Labute approximate surface area is 113 Å². The van der Waals surface area contributed by atoms with Crippen molar-refractivity contribution in [3.8, 4) is 0 Å². The second kappa shape index (κ2) is 4.54. The molecule has 3 atom stereocenters. The third kappa shape index (κ3) is 2.22. The Bertz CT molecular complexity index is 508. The van der Waals surface area contributed by atoms with Gasteiger partial charge in [-0.15, -0.1) is 0 Å². The van der Waals surface area contributed by atoms with E-state index in [1.54, 1.807) is 11.7 Å². The van der Waals surface area contributed by atoms with Gasteiger partial charge in [0.15, 0.2) is 5.82 Å². The first-order valence-corrected chi connectivity index (χ1v) is 7.13. The minimum absolute atomic E-state index is 0.0762. The smallest absolute Gasteiger partial charge is 0.225 e. The monoisotopic (exact) mass is 262 g/mol. The van der Waals surface area contributed by atoms with Crippen LogP contribution in [0, 0.1) is 24.7 Å². The fourth-order valence-corrected chi connectivity index (χ4v) is 3.87. The van der Waals surface area contributed by atoms with E-state index in [4.69, 9.17) is 5.73 Å². The molecule has 2 aliphatic rings. The molecule has 1 aromatic heterocycles. The summed E-state index contributed by atoms with van der Waals surface area (Å²) in [6.45, 7) is 1.85. The summed E-state index contributed by atoms with van der Waals surface area (Å²) >= 11 is 0. The molecule has 2 fully saturated rings. The zero-order valence-electron chi connectivity index (χ0n) is 11.6. The van der Waals surface area contributed by atoms with Crippen LogP contribution in [0.4, 0.5) is 11.5 Å². The van der Waals surface area contributed by atoms with Crippen molar-refractivity contribution in [3.05, 3.63) is 5.69 Å². The number of carbonyl (C=O) groups is 1. The molecule has 2 bridgehead atoms. The van der Waals surface area contributed by atoms with Crippen LogP contribution in [0.25, 0.3) is 0 Å². The average Bonchev–Trinajstić information content (AvgIpc) is 3.01. The maximum Gasteiger partial charge on any atom is 0.225 e. The van der Waals surface area contributed by atoms with Crippen LogP contribution in [-0.2, 0) is 11.8 Å². The van der Waals surface area contributed by atoms with Crippen LogP contribution in [0.3, 0.4) is 0 Å². The summed E-state index contributed by atoms with van der Waals surface area (Å²) in [4.78, 5) is 12.2. The van der Waals surface area contributed by atoms with E-state index in [0.717, 1.165) is 17.5 Å². The number of aryl methyl sites for hydroxylation is 2. The van der Waals surface area contributed by atoms with Crippen LogP contribution in [0.1, 0.15) is 37.8 Å². The average molecular weight is 262 g/mol. The van der Waals surface area contributed by atoms with Gasteiger partial charge in [0.1, 0.15) is 0 Å². The summed E-state index contributed by atoms with van der Waals surface area (Å²) in [5, 5.41) is 7.13. The van der Waals surface area contributed by atoms with Crippen LogP contribution in [0.15, 0.2) is 0 Å². The van der Waals surface area contributed by atoms with Gasteiger partial charge in [0.25, 0.3) is 0 Å². The predicted octanol–water partition coefficient (Wildman–Crippen LogP) is 2.08. The van der Waals surface area contributed by atoms with Gasteiger partial charge in [0, 0.05) is 13.5 Å². The molecule has 2 aliphatic carbocycles. The fraction of sp³-hybridized carbons (Fsp3) is 0.714. The van der Waals surface area contributed by atoms with Crippen molar-refractivity contribution in [2.24, 2.45) is 24.8 Å². The molecular formula is C14H22N4O. The molecule has 3 unspecified atom stereocenters. The summed E-state index contributed by atoms with van der Waals surface area (Å²) < 4.78 is 1.64. The third-order valence-corrected chi connectivity index (χ3v) is 4.86. The number of nitrogen functional groups attached to an aromatic ring is 1. The van der Waals surface area contributed by atoms with E-state index >= 15 is 0 Å². The van der Waals surface area contributed by atoms with Gasteiger partial charge >= 0.3 is 0 Å². The molecule has 19 heavy (non-hydrogen) atoms. The Morgan fingerprint density at radius 2 is 2.26 bits per heavy atom. The van der Waals surface area contributed by atoms with Crippen LogP contribution in [0.5, 0.6) is 0 Å². The molecule has 0 radical (unpaired) electrons. The standard InChI is InChI=1S/C14H22N4O/c1-8-13(15)14(18(2)17-8)16-12(19)7-11-6-9-3-4-10(11)5-9/h9-11H,3-7,15H2,1-2H3,(H,16,19). The van der Waals surface area contributed by atoms with E-state index in [0.29, 0.717) is 23.8 Å². The van der Waals surface area contributed by atoms with Crippen LogP contribution >= 0.6 is 0 Å². The first-order valence-electron chi connectivity index (χ1n) is 7.13. The van der Waals surface area contributed by atoms with Crippen LogP contribution < -0.4 is 11.1 Å². The van der Waals surface area contributed by atoms with Gasteiger partial charge in [-0.2, -0.15) is 5.10 Å². The second-order valence-electron chi connectivity index (χ2n) is 6.16. The molecule has 0 spiro atoms. The molecule has 2 saturated carbocycles. The summed E-state index contributed by atoms with van der Waals surface area (Å²) in [5.41, 5.74) is 7.26. The van der Waals surface area contributed by atoms with Gasteiger partial charge in [-0.3, -0.25) is 9.48 Å². The minimum Gasteiger partial charge on any atom is -0.394 e. The normalized spacial score (nSPS) is 28.8. The lowest BCUT2D eigenvalue weighted by atomic mass is 9.86. The number of amides is 1. The van der Waals surface area contributed by atoms with Gasteiger partial charge in [-0.05, 0) is 43.9 Å². The van der Waals surface area contributed by atoms with Gasteiger partial charge in [-0.1, -0.05) is 6.42 Å². The topological polar surface area (TPSA) is 72.9 Å². The minimum atomic E-state index is 0.0762. The Morgan fingerprint density at radius 3 is 2.79 bits per heavy atom. The lowest BCUT2D eigenvalue weighted by Gasteiger charge is -2.20. The van der Waals surface area contributed by atoms with Crippen molar-refractivity contribution in [1.29, 1.82) is 0 Å². The number of hydrogen-bond acceptors (Lipinski definition) is 3. The molecule has 1 amide bonds. The molecular weight excluding hydrogens is 240 g/mol. The van der Waals surface area contributed by atoms with Crippen molar-refractivity contribution in [3.63, 3.8) is 0 Å². The molecule has 104 valence electrons. The van der Waals surface area contributed by atoms with Crippen molar-refractivity contribution < 1.29 is 4.79 Å². The van der Waals surface area contributed by atoms with E-state index in [1.807, 2.05) is 6.92 Å². The van der Waals surface area contributed by atoms with E-state index in [1.165, 1.54) is 25.7 Å². The molecule has 1 heterocycles. The number of hydrogen-bond donors (Lipinski definition) is 2. The maximum absolute atomic E-state index is 12.2. The summed E-state index contributed by atoms with van der Waals surface area (Å²) in [6, 6.07) is 0. The van der Waals surface area contributed by atoms with Gasteiger partial charge in [-0.25, -0.2) is 0 Å². The summed E-state index contributed by atoms with van der Waals surface area (Å²) in [7, 11) is 1.80. The number of aromatic nitrogens is 2. The molecule has 0 aromatic carbocycles. The number of fused-ring (bicyclic) bond motifs is 2. The summed E-state index contributed by atoms with van der Waals surface area (Å²) in [6.07, 6.45) is 5.89. The Balaban J connectivity index is 1.62. The number of rotatable bonds is 3. The number of nitrogens with one attached hydrogen (secondary N) is 1. The lowest BCUT2D eigenvalue weighted by Crippen LogP contribution is -2.21. The number of anilines is 2. The molecule has 3 rings (SSSR count). The van der Waals surface area contributed by atoms with Crippen molar-refractivity contribution in [2.75, 3.05) is 11.1 Å².